The minimum atomic E-state index is -3.50. The predicted octanol–water partition coefficient (Wildman–Crippen LogP) is 4.90. The lowest BCUT2D eigenvalue weighted by molar-refractivity contribution is -0.137. The molecule has 1 N–H and O–H groups in total. The van der Waals surface area contributed by atoms with E-state index in [0.29, 0.717) is 17.7 Å². The number of carboxylic acids is 1. The highest BCUT2D eigenvalue weighted by molar-refractivity contribution is 7.92. The van der Waals surface area contributed by atoms with Gasteiger partial charge in [0, 0.05) is 30.8 Å². The molecule has 0 saturated carbocycles. The number of benzene rings is 1. The first-order valence-electron chi connectivity index (χ1n) is 8.44. The summed E-state index contributed by atoms with van der Waals surface area (Å²) in [6.45, 7) is 0. The summed E-state index contributed by atoms with van der Waals surface area (Å²) in [4.78, 5) is 13.1. The molecule has 1 fully saturated rings. The quantitative estimate of drug-likeness (QED) is 0.669. The molecule has 7 heteroatoms. The van der Waals surface area contributed by atoms with Crippen molar-refractivity contribution in [2.75, 3.05) is 5.75 Å². The lowest BCUT2D eigenvalue weighted by Crippen LogP contribution is -2.41. The Balaban J connectivity index is 1.83. The van der Waals surface area contributed by atoms with E-state index in [1.54, 1.807) is 11.3 Å². The molecule has 1 saturated heterocycles. The highest BCUT2D eigenvalue weighted by atomic mass is 32.2. The number of carboxylic acid groups (broad SMARTS) is 1. The van der Waals surface area contributed by atoms with E-state index in [2.05, 4.69) is 17.5 Å². The summed E-state index contributed by atoms with van der Waals surface area (Å²) in [7, 11) is -3.50. The molecule has 0 radical (unpaired) electrons. The molecule has 3 heterocycles. The molecule has 1 aromatic carbocycles. The number of sulfone groups is 1. The molecule has 0 unspecified atom stereocenters. The fourth-order valence-corrected chi connectivity index (χ4v) is 8.59. The van der Waals surface area contributed by atoms with Gasteiger partial charge in [0.1, 0.15) is 4.75 Å². The Labute approximate surface area is 160 Å². The largest absolute Gasteiger partial charge is 0.481 e. The van der Waals surface area contributed by atoms with E-state index >= 15 is 0 Å². The van der Waals surface area contributed by atoms with E-state index in [-0.39, 0.29) is 12.2 Å². The lowest BCUT2D eigenvalue weighted by Gasteiger charge is -2.34. The first kappa shape index (κ1) is 17.7. The molecular weight excluding hydrogens is 388 g/mol. The monoisotopic (exact) mass is 406 g/mol. The zero-order valence-corrected chi connectivity index (χ0v) is 16.4. The van der Waals surface area contributed by atoms with Crippen LogP contribution in [0.5, 0.6) is 0 Å². The van der Waals surface area contributed by atoms with Crippen LogP contribution >= 0.6 is 22.7 Å². The second-order valence-electron chi connectivity index (χ2n) is 6.65. The topological polar surface area (TPSA) is 71.4 Å². The second kappa shape index (κ2) is 6.48. The summed E-state index contributed by atoms with van der Waals surface area (Å²) in [5.41, 5.74) is 1.08. The number of fused-ring (bicyclic) bond motifs is 1. The van der Waals surface area contributed by atoms with Gasteiger partial charge in [-0.05, 0) is 31.0 Å². The van der Waals surface area contributed by atoms with Crippen LogP contribution in [0, 0.1) is 0 Å². The second-order valence-corrected chi connectivity index (χ2v) is 11.1. The molecule has 136 valence electrons. The molecule has 1 aliphatic heterocycles. The van der Waals surface area contributed by atoms with Crippen molar-refractivity contribution >= 4 is 48.6 Å². The Bertz CT molecular complexity index is 1080. The van der Waals surface area contributed by atoms with Gasteiger partial charge in [0.25, 0.3) is 0 Å². The third-order valence-electron chi connectivity index (χ3n) is 5.08. The standard InChI is InChI=1S/C19H18O4S3/c20-18(21)11-19(9-3-4-10-26(19,22)23)17-8-7-16(25-17)14-12-24-15-6-2-1-5-13(14)15/h1-2,5-8,12H,3-4,9-11H2,(H,20,21)/t19-/m0/s1. The number of rotatable bonds is 4. The fraction of sp³-hybridized carbons (Fsp3) is 0.316. The summed E-state index contributed by atoms with van der Waals surface area (Å²) in [6, 6.07) is 11.9. The molecule has 2 aromatic heterocycles. The molecule has 0 bridgehead atoms. The molecule has 4 nitrogen and oxygen atoms in total. The summed E-state index contributed by atoms with van der Waals surface area (Å²) >= 11 is 3.08. The van der Waals surface area contributed by atoms with Crippen LogP contribution in [-0.2, 0) is 19.4 Å². The van der Waals surface area contributed by atoms with E-state index in [0.717, 1.165) is 22.2 Å². The van der Waals surface area contributed by atoms with Crippen molar-refractivity contribution in [2.45, 2.75) is 30.4 Å². The highest BCUT2D eigenvalue weighted by Gasteiger charge is 2.49. The summed E-state index contributed by atoms with van der Waals surface area (Å²) in [6.07, 6.45) is 1.36. The van der Waals surface area contributed by atoms with E-state index in [9.17, 15) is 18.3 Å². The summed E-state index contributed by atoms with van der Waals surface area (Å²) in [5.74, 6) is -0.999. The Morgan fingerprint density at radius 3 is 2.73 bits per heavy atom. The number of carbonyl (C=O) groups is 1. The van der Waals surface area contributed by atoms with Crippen molar-refractivity contribution in [3.63, 3.8) is 0 Å². The molecule has 0 aliphatic carbocycles. The molecule has 3 aromatic rings. The van der Waals surface area contributed by atoms with Crippen molar-refractivity contribution in [3.05, 3.63) is 46.7 Å². The van der Waals surface area contributed by atoms with Crippen LogP contribution < -0.4 is 0 Å². The van der Waals surface area contributed by atoms with Gasteiger partial charge in [0.2, 0.25) is 0 Å². The van der Waals surface area contributed by atoms with Crippen molar-refractivity contribution in [3.8, 4) is 10.4 Å². The van der Waals surface area contributed by atoms with Crippen LogP contribution in [0.15, 0.2) is 41.8 Å². The third kappa shape index (κ3) is 2.78. The summed E-state index contributed by atoms with van der Waals surface area (Å²) < 4.78 is 25.7. The van der Waals surface area contributed by atoms with Gasteiger partial charge >= 0.3 is 5.97 Å². The minimum absolute atomic E-state index is 0.0644. The van der Waals surface area contributed by atoms with Crippen LogP contribution in [0.3, 0.4) is 0 Å². The van der Waals surface area contributed by atoms with Crippen LogP contribution in [0.25, 0.3) is 20.5 Å². The first-order valence-corrected chi connectivity index (χ1v) is 11.8. The average molecular weight is 407 g/mol. The van der Waals surface area contributed by atoms with E-state index in [1.807, 2.05) is 24.3 Å². The Morgan fingerprint density at radius 2 is 1.96 bits per heavy atom. The van der Waals surface area contributed by atoms with Crippen LogP contribution in [0.4, 0.5) is 0 Å². The zero-order chi connectivity index (χ0) is 18.4. The van der Waals surface area contributed by atoms with Gasteiger partial charge in [-0.1, -0.05) is 24.6 Å². The maximum Gasteiger partial charge on any atom is 0.305 e. The van der Waals surface area contributed by atoms with Gasteiger partial charge < -0.3 is 5.11 Å². The van der Waals surface area contributed by atoms with Crippen molar-refractivity contribution in [1.82, 2.24) is 0 Å². The van der Waals surface area contributed by atoms with Crippen LogP contribution in [0.2, 0.25) is 0 Å². The fourth-order valence-electron chi connectivity index (χ4n) is 3.76. The number of thiophene rings is 2. The lowest BCUT2D eigenvalue weighted by atomic mass is 9.95. The van der Waals surface area contributed by atoms with Gasteiger partial charge in [0.05, 0.1) is 12.2 Å². The van der Waals surface area contributed by atoms with Crippen molar-refractivity contribution < 1.29 is 18.3 Å². The molecule has 1 aliphatic rings. The molecule has 1 atom stereocenters. The highest BCUT2D eigenvalue weighted by Crippen LogP contribution is 2.48. The number of hydrogen-bond acceptors (Lipinski definition) is 5. The van der Waals surface area contributed by atoms with Gasteiger partial charge in [-0.2, -0.15) is 0 Å². The molecular formula is C19H18O4S3. The normalized spacial score (nSPS) is 22.5. The molecule has 0 spiro atoms. The molecule has 26 heavy (non-hydrogen) atoms. The first-order chi connectivity index (χ1) is 12.4. The minimum Gasteiger partial charge on any atom is -0.481 e. The maximum atomic E-state index is 12.9. The Morgan fingerprint density at radius 1 is 1.15 bits per heavy atom. The van der Waals surface area contributed by atoms with Crippen molar-refractivity contribution in [2.24, 2.45) is 0 Å². The van der Waals surface area contributed by atoms with Gasteiger partial charge in [0.15, 0.2) is 9.84 Å². The van der Waals surface area contributed by atoms with Crippen LogP contribution in [0.1, 0.15) is 30.6 Å². The number of aliphatic carboxylic acids is 1. The number of hydrogen-bond donors (Lipinski definition) is 1. The third-order valence-corrected chi connectivity index (χ3v) is 10.1. The van der Waals surface area contributed by atoms with Gasteiger partial charge in [-0.25, -0.2) is 8.42 Å². The average Bonchev–Trinajstić information content (AvgIpc) is 3.23. The Hall–Kier alpha value is -1.70. The zero-order valence-electron chi connectivity index (χ0n) is 14.0. The molecule has 0 amide bonds. The van der Waals surface area contributed by atoms with Gasteiger partial charge in [-0.3, -0.25) is 4.79 Å². The van der Waals surface area contributed by atoms with E-state index in [4.69, 9.17) is 0 Å². The molecule has 4 rings (SSSR count). The Kier molecular flexibility index (Phi) is 4.41. The van der Waals surface area contributed by atoms with E-state index < -0.39 is 20.6 Å². The van der Waals surface area contributed by atoms with Crippen molar-refractivity contribution in [1.29, 1.82) is 0 Å². The predicted molar refractivity (Wildman–Crippen MR) is 107 cm³/mol. The van der Waals surface area contributed by atoms with Crippen LogP contribution in [-0.4, -0.2) is 25.2 Å². The SMILES string of the molecule is O=C(O)C[C@]1(c2ccc(-c3csc4ccccc34)s2)CCCCS1(=O)=O. The van der Waals surface area contributed by atoms with E-state index in [1.165, 1.54) is 16.0 Å². The summed E-state index contributed by atoms with van der Waals surface area (Å²) in [5, 5.41) is 12.6. The maximum absolute atomic E-state index is 12.9. The smallest absolute Gasteiger partial charge is 0.305 e. The van der Waals surface area contributed by atoms with Gasteiger partial charge in [-0.15, -0.1) is 22.7 Å².